The van der Waals surface area contributed by atoms with Gasteiger partial charge >= 0.3 is 0 Å². The Bertz CT molecular complexity index is 462. The number of nitrogen functional groups attached to an aromatic ring is 1. The first-order valence-corrected chi connectivity index (χ1v) is 7.32. The van der Waals surface area contributed by atoms with E-state index in [4.69, 9.17) is 5.73 Å². The van der Waals surface area contributed by atoms with Crippen molar-refractivity contribution < 1.29 is 8.42 Å². The summed E-state index contributed by atoms with van der Waals surface area (Å²) in [6.07, 6.45) is 4.38. The minimum absolute atomic E-state index is 0.251. The smallest absolute Gasteiger partial charge is 0.180 e. The fourth-order valence-corrected chi connectivity index (χ4v) is 4.19. The van der Waals surface area contributed by atoms with E-state index >= 15 is 0 Å². The van der Waals surface area contributed by atoms with Gasteiger partial charge in [0, 0.05) is 0 Å². The zero-order chi connectivity index (χ0) is 11.6. The largest absolute Gasteiger partial charge is 0.398 e. The van der Waals surface area contributed by atoms with Crippen LogP contribution in [0.5, 0.6) is 0 Å². The van der Waals surface area contributed by atoms with Gasteiger partial charge < -0.3 is 5.73 Å². The average Bonchev–Trinajstić information content (AvgIpc) is 2.70. The summed E-state index contributed by atoms with van der Waals surface area (Å²) in [7, 11) is -3.20. The van der Waals surface area contributed by atoms with Gasteiger partial charge in [0.05, 0.1) is 16.3 Å². The van der Waals surface area contributed by atoms with Gasteiger partial charge in [-0.2, -0.15) is 0 Å². The number of benzene rings is 1. The van der Waals surface area contributed by atoms with Crippen molar-refractivity contribution in [3.8, 4) is 0 Å². The lowest BCUT2D eigenvalue weighted by molar-refractivity contribution is 0.559. The Morgan fingerprint density at radius 2 is 1.81 bits per heavy atom. The van der Waals surface area contributed by atoms with Crippen molar-refractivity contribution in [2.75, 3.05) is 11.5 Å². The third kappa shape index (κ3) is 2.38. The molecule has 0 amide bonds. The second kappa shape index (κ2) is 4.45. The molecule has 16 heavy (non-hydrogen) atoms. The van der Waals surface area contributed by atoms with Crippen molar-refractivity contribution in [1.82, 2.24) is 0 Å². The third-order valence-corrected chi connectivity index (χ3v) is 5.14. The fourth-order valence-electron chi connectivity index (χ4n) is 2.34. The lowest BCUT2D eigenvalue weighted by Gasteiger charge is -2.11. The van der Waals surface area contributed by atoms with Crippen LogP contribution in [0.4, 0.5) is 5.69 Å². The first kappa shape index (κ1) is 11.5. The Labute approximate surface area is 96.6 Å². The molecule has 2 rings (SSSR count). The molecule has 0 heterocycles. The van der Waals surface area contributed by atoms with Crippen LogP contribution in [0.25, 0.3) is 0 Å². The Hall–Kier alpha value is -1.03. The van der Waals surface area contributed by atoms with Gasteiger partial charge in [-0.15, -0.1) is 0 Å². The number of sulfone groups is 1. The summed E-state index contributed by atoms with van der Waals surface area (Å²) in [6.45, 7) is 0. The molecule has 0 saturated heterocycles. The first-order chi connectivity index (χ1) is 7.59. The lowest BCUT2D eigenvalue weighted by atomic mass is 10.1. The molecule has 0 atom stereocenters. The lowest BCUT2D eigenvalue weighted by Crippen LogP contribution is -2.15. The number of hydrogen-bond acceptors (Lipinski definition) is 3. The summed E-state index contributed by atoms with van der Waals surface area (Å²) in [4.78, 5) is 0.293. The van der Waals surface area contributed by atoms with Gasteiger partial charge in [-0.05, 0) is 30.9 Å². The molecular weight excluding hydrogens is 222 g/mol. The standard InChI is InChI=1S/C12H17NO2S/c13-11-7-3-4-8-12(11)16(14,15)9-10-5-1-2-6-10/h3-4,7-8,10H,1-2,5-6,9,13H2. The van der Waals surface area contributed by atoms with Crippen molar-refractivity contribution in [3.63, 3.8) is 0 Å². The van der Waals surface area contributed by atoms with Crippen LogP contribution in [0.3, 0.4) is 0 Å². The number of hydrogen-bond donors (Lipinski definition) is 1. The zero-order valence-corrected chi connectivity index (χ0v) is 10.0. The van der Waals surface area contributed by atoms with Gasteiger partial charge in [0.1, 0.15) is 0 Å². The minimum Gasteiger partial charge on any atom is -0.398 e. The van der Waals surface area contributed by atoms with E-state index in [1.54, 1.807) is 24.3 Å². The van der Waals surface area contributed by atoms with Crippen LogP contribution in [-0.2, 0) is 9.84 Å². The average molecular weight is 239 g/mol. The Kier molecular flexibility index (Phi) is 3.19. The summed E-state index contributed by atoms with van der Waals surface area (Å²) in [6, 6.07) is 6.71. The van der Waals surface area contributed by atoms with Gasteiger partial charge in [-0.3, -0.25) is 0 Å². The van der Waals surface area contributed by atoms with Crippen molar-refractivity contribution in [2.24, 2.45) is 5.92 Å². The molecule has 0 spiro atoms. The van der Waals surface area contributed by atoms with Crippen molar-refractivity contribution in [2.45, 2.75) is 30.6 Å². The van der Waals surface area contributed by atoms with Crippen molar-refractivity contribution in [1.29, 1.82) is 0 Å². The highest BCUT2D eigenvalue weighted by Crippen LogP contribution is 2.29. The zero-order valence-electron chi connectivity index (χ0n) is 9.22. The van der Waals surface area contributed by atoms with Crippen LogP contribution in [0.1, 0.15) is 25.7 Å². The molecule has 1 aliphatic rings. The number of anilines is 1. The van der Waals surface area contributed by atoms with E-state index in [1.807, 2.05) is 0 Å². The number of rotatable bonds is 3. The SMILES string of the molecule is Nc1ccccc1S(=O)(=O)CC1CCCC1. The van der Waals surface area contributed by atoms with Gasteiger partial charge in [-0.25, -0.2) is 8.42 Å². The van der Waals surface area contributed by atoms with Crippen LogP contribution in [0.2, 0.25) is 0 Å². The molecule has 1 aromatic carbocycles. The maximum atomic E-state index is 12.1. The summed E-state index contributed by atoms with van der Waals surface area (Å²) in [5.41, 5.74) is 6.06. The van der Waals surface area contributed by atoms with Crippen LogP contribution in [0.15, 0.2) is 29.2 Å². The number of nitrogens with two attached hydrogens (primary N) is 1. The van der Waals surface area contributed by atoms with Crippen LogP contribution >= 0.6 is 0 Å². The molecule has 0 aromatic heterocycles. The van der Waals surface area contributed by atoms with E-state index in [1.165, 1.54) is 0 Å². The second-order valence-electron chi connectivity index (χ2n) is 4.47. The van der Waals surface area contributed by atoms with Gasteiger partial charge in [0.25, 0.3) is 0 Å². The summed E-state index contributed by atoms with van der Waals surface area (Å²) < 4.78 is 24.3. The van der Waals surface area contributed by atoms with E-state index in [0.29, 0.717) is 16.5 Å². The molecule has 1 fully saturated rings. The molecule has 88 valence electrons. The predicted octanol–water partition coefficient (Wildman–Crippen LogP) is 2.23. The second-order valence-corrected chi connectivity index (χ2v) is 6.47. The highest BCUT2D eigenvalue weighted by Gasteiger charge is 2.25. The fraction of sp³-hybridized carbons (Fsp3) is 0.500. The van der Waals surface area contributed by atoms with Crippen molar-refractivity contribution >= 4 is 15.5 Å². The molecule has 3 nitrogen and oxygen atoms in total. The van der Waals surface area contributed by atoms with E-state index < -0.39 is 9.84 Å². The molecule has 1 aromatic rings. The van der Waals surface area contributed by atoms with Crippen LogP contribution in [0, 0.1) is 5.92 Å². The van der Waals surface area contributed by atoms with Gasteiger partial charge in [0.15, 0.2) is 9.84 Å². The molecule has 1 saturated carbocycles. The highest BCUT2D eigenvalue weighted by atomic mass is 32.2. The van der Waals surface area contributed by atoms with E-state index in [-0.39, 0.29) is 5.75 Å². The topological polar surface area (TPSA) is 60.2 Å². The number of para-hydroxylation sites is 1. The Morgan fingerprint density at radius 1 is 1.19 bits per heavy atom. The molecule has 4 heteroatoms. The minimum atomic E-state index is -3.20. The third-order valence-electron chi connectivity index (χ3n) is 3.18. The van der Waals surface area contributed by atoms with Crippen molar-refractivity contribution in [3.05, 3.63) is 24.3 Å². The molecule has 0 bridgehead atoms. The monoisotopic (exact) mass is 239 g/mol. The predicted molar refractivity (Wildman–Crippen MR) is 64.9 cm³/mol. The highest BCUT2D eigenvalue weighted by molar-refractivity contribution is 7.91. The summed E-state index contributed by atoms with van der Waals surface area (Å²) in [5, 5.41) is 0. The van der Waals surface area contributed by atoms with Gasteiger partial charge in [0.2, 0.25) is 0 Å². The van der Waals surface area contributed by atoms with E-state index in [9.17, 15) is 8.42 Å². The Morgan fingerprint density at radius 3 is 2.44 bits per heavy atom. The van der Waals surface area contributed by atoms with E-state index in [2.05, 4.69) is 0 Å². The summed E-state index contributed by atoms with van der Waals surface area (Å²) >= 11 is 0. The van der Waals surface area contributed by atoms with Crippen LogP contribution < -0.4 is 5.73 Å². The quantitative estimate of drug-likeness (QED) is 0.823. The van der Waals surface area contributed by atoms with Gasteiger partial charge in [-0.1, -0.05) is 25.0 Å². The normalized spacial score (nSPS) is 17.8. The molecule has 2 N–H and O–H groups in total. The van der Waals surface area contributed by atoms with E-state index in [0.717, 1.165) is 25.7 Å². The molecule has 0 unspecified atom stereocenters. The summed E-state index contributed by atoms with van der Waals surface area (Å²) in [5.74, 6) is 0.575. The Balaban J connectivity index is 2.21. The first-order valence-electron chi connectivity index (χ1n) is 5.67. The van der Waals surface area contributed by atoms with Crippen LogP contribution in [-0.4, -0.2) is 14.2 Å². The maximum absolute atomic E-state index is 12.1. The molecule has 0 aliphatic heterocycles. The molecule has 1 aliphatic carbocycles. The maximum Gasteiger partial charge on any atom is 0.180 e. The molecular formula is C12H17NO2S. The molecule has 0 radical (unpaired) electrons.